The molecule has 0 spiro atoms. The highest BCUT2D eigenvalue weighted by molar-refractivity contribution is 5.88. The predicted octanol–water partition coefficient (Wildman–Crippen LogP) is -0.408. The van der Waals surface area contributed by atoms with E-state index in [0.29, 0.717) is 12.3 Å². The van der Waals surface area contributed by atoms with E-state index < -0.39 is 5.91 Å². The molecular weight excluding hydrogens is 184 g/mol. The molecule has 1 saturated carbocycles. The molecule has 6 heteroatoms. The zero-order valence-corrected chi connectivity index (χ0v) is 7.69. The Morgan fingerprint density at radius 1 is 1.57 bits per heavy atom. The van der Waals surface area contributed by atoms with Crippen LogP contribution in [0.5, 0.6) is 0 Å². The van der Waals surface area contributed by atoms with Crippen LogP contribution in [0.25, 0.3) is 0 Å². The molecule has 1 aliphatic carbocycles. The van der Waals surface area contributed by atoms with Gasteiger partial charge in [-0.1, -0.05) is 5.16 Å². The van der Waals surface area contributed by atoms with E-state index >= 15 is 0 Å². The number of primary amides is 1. The highest BCUT2D eigenvalue weighted by Gasteiger charge is 2.34. The third-order valence-electron chi connectivity index (χ3n) is 2.54. The lowest BCUT2D eigenvalue weighted by Crippen LogP contribution is -2.48. The molecule has 0 radical (unpaired) electrons. The third-order valence-corrected chi connectivity index (χ3v) is 2.54. The molecule has 0 aliphatic heterocycles. The first-order valence-electron chi connectivity index (χ1n) is 4.50. The van der Waals surface area contributed by atoms with Gasteiger partial charge in [-0.25, -0.2) is 0 Å². The number of nitrogens with two attached hydrogens (primary N) is 2. The molecule has 1 aromatic heterocycles. The predicted molar refractivity (Wildman–Crippen MR) is 47.3 cm³/mol. The molecule has 0 unspecified atom stereocenters. The van der Waals surface area contributed by atoms with Crippen molar-refractivity contribution in [2.75, 3.05) is 0 Å². The van der Waals surface area contributed by atoms with Crippen LogP contribution in [0.4, 0.5) is 0 Å². The molecule has 1 heterocycles. The van der Waals surface area contributed by atoms with E-state index in [1.54, 1.807) is 0 Å². The molecule has 14 heavy (non-hydrogen) atoms. The molecule has 6 nitrogen and oxygen atoms in total. The van der Waals surface area contributed by atoms with Gasteiger partial charge in [-0.05, 0) is 19.3 Å². The number of carbonyl (C=O) groups is 1. The molecule has 0 saturated heterocycles. The van der Waals surface area contributed by atoms with Crippen molar-refractivity contribution in [2.24, 2.45) is 11.5 Å². The molecule has 1 amide bonds. The third kappa shape index (κ3) is 1.60. The number of amides is 1. The van der Waals surface area contributed by atoms with Gasteiger partial charge in [0.2, 0.25) is 5.89 Å². The van der Waals surface area contributed by atoms with Gasteiger partial charge in [0.05, 0.1) is 0 Å². The van der Waals surface area contributed by atoms with Crippen molar-refractivity contribution >= 4 is 5.91 Å². The van der Waals surface area contributed by atoms with Crippen molar-refractivity contribution in [3.05, 3.63) is 11.7 Å². The lowest BCUT2D eigenvalue weighted by molar-refractivity contribution is 0.0987. The summed E-state index contributed by atoms with van der Waals surface area (Å²) in [5.74, 6) is -0.372. The standard InChI is InChI=1S/C8H12N4O2/c9-6(13)7-11-5(14-12-7)4-8(10)2-1-3-8/h1-4,10H2,(H2,9,13). The van der Waals surface area contributed by atoms with E-state index in [9.17, 15) is 4.79 Å². The molecule has 0 bridgehead atoms. The SMILES string of the molecule is NC(=O)c1noc(CC2(N)CCC2)n1. The van der Waals surface area contributed by atoms with Crippen LogP contribution < -0.4 is 11.5 Å². The van der Waals surface area contributed by atoms with Crippen LogP contribution in [0.3, 0.4) is 0 Å². The quantitative estimate of drug-likeness (QED) is 0.683. The Hall–Kier alpha value is -1.43. The van der Waals surface area contributed by atoms with Crippen molar-refractivity contribution in [3.63, 3.8) is 0 Å². The Kier molecular flexibility index (Phi) is 1.99. The largest absolute Gasteiger partial charge is 0.363 e. The number of hydrogen-bond acceptors (Lipinski definition) is 5. The molecule has 1 aliphatic rings. The normalized spacial score (nSPS) is 18.9. The molecule has 1 fully saturated rings. The average Bonchev–Trinajstić information content (AvgIpc) is 2.50. The molecule has 1 aromatic rings. The Morgan fingerprint density at radius 2 is 2.29 bits per heavy atom. The zero-order chi connectivity index (χ0) is 10.2. The van der Waals surface area contributed by atoms with Gasteiger partial charge in [-0.15, -0.1) is 0 Å². The van der Waals surface area contributed by atoms with E-state index in [1.807, 2.05) is 0 Å². The highest BCUT2D eigenvalue weighted by atomic mass is 16.5. The number of nitrogens with zero attached hydrogens (tertiary/aromatic N) is 2. The van der Waals surface area contributed by atoms with Crippen molar-refractivity contribution in [1.29, 1.82) is 0 Å². The van der Waals surface area contributed by atoms with E-state index in [1.165, 1.54) is 0 Å². The first-order valence-corrected chi connectivity index (χ1v) is 4.50. The van der Waals surface area contributed by atoms with Gasteiger partial charge < -0.3 is 16.0 Å². The lowest BCUT2D eigenvalue weighted by atomic mass is 9.75. The Labute approximate surface area is 80.6 Å². The minimum atomic E-state index is -0.681. The monoisotopic (exact) mass is 196 g/mol. The summed E-state index contributed by atoms with van der Waals surface area (Å²) in [6.07, 6.45) is 3.57. The maximum Gasteiger partial charge on any atom is 0.290 e. The summed E-state index contributed by atoms with van der Waals surface area (Å²) < 4.78 is 4.86. The second-order valence-electron chi connectivity index (χ2n) is 3.77. The molecule has 4 N–H and O–H groups in total. The lowest BCUT2D eigenvalue weighted by Gasteiger charge is -2.36. The van der Waals surface area contributed by atoms with Crippen molar-refractivity contribution in [3.8, 4) is 0 Å². The number of aromatic nitrogens is 2. The molecule has 2 rings (SSSR count). The summed E-state index contributed by atoms with van der Waals surface area (Å²) in [4.78, 5) is 14.5. The fourth-order valence-electron chi connectivity index (χ4n) is 1.54. The van der Waals surface area contributed by atoms with E-state index in [4.69, 9.17) is 16.0 Å². The van der Waals surface area contributed by atoms with Crippen LogP contribution >= 0.6 is 0 Å². The summed E-state index contributed by atoms with van der Waals surface area (Å²) >= 11 is 0. The number of hydrogen-bond donors (Lipinski definition) is 2. The van der Waals surface area contributed by atoms with Crippen LogP contribution in [0.2, 0.25) is 0 Å². The van der Waals surface area contributed by atoms with E-state index in [0.717, 1.165) is 19.3 Å². The van der Waals surface area contributed by atoms with Crippen LogP contribution in [0, 0.1) is 0 Å². The summed E-state index contributed by atoms with van der Waals surface area (Å²) in [6.45, 7) is 0. The van der Waals surface area contributed by atoms with E-state index in [-0.39, 0.29) is 11.4 Å². The number of rotatable bonds is 3. The number of carbonyl (C=O) groups excluding carboxylic acids is 1. The second-order valence-corrected chi connectivity index (χ2v) is 3.77. The molecule has 0 atom stereocenters. The van der Waals surface area contributed by atoms with Crippen LogP contribution in [-0.2, 0) is 6.42 Å². The highest BCUT2D eigenvalue weighted by Crippen LogP contribution is 2.31. The van der Waals surface area contributed by atoms with Crippen LogP contribution in [0.1, 0.15) is 35.8 Å². The smallest absolute Gasteiger partial charge is 0.290 e. The Bertz CT molecular complexity index is 356. The fraction of sp³-hybridized carbons (Fsp3) is 0.625. The molecule has 76 valence electrons. The van der Waals surface area contributed by atoms with Gasteiger partial charge >= 0.3 is 0 Å². The first kappa shape index (κ1) is 9.14. The summed E-state index contributed by atoms with van der Waals surface area (Å²) in [7, 11) is 0. The average molecular weight is 196 g/mol. The van der Waals surface area contributed by atoms with Gasteiger partial charge in [0.1, 0.15) is 0 Å². The summed E-state index contributed by atoms with van der Waals surface area (Å²) in [5.41, 5.74) is 10.7. The van der Waals surface area contributed by atoms with Gasteiger partial charge in [0.15, 0.2) is 0 Å². The molecule has 0 aromatic carbocycles. The fourth-order valence-corrected chi connectivity index (χ4v) is 1.54. The maximum absolute atomic E-state index is 10.7. The molecular formula is C8H12N4O2. The van der Waals surface area contributed by atoms with Crippen LogP contribution in [-0.4, -0.2) is 21.6 Å². The van der Waals surface area contributed by atoms with Crippen molar-refractivity contribution < 1.29 is 9.32 Å². The summed E-state index contributed by atoms with van der Waals surface area (Å²) in [6, 6.07) is 0. The second kappa shape index (κ2) is 3.06. The van der Waals surface area contributed by atoms with Crippen LogP contribution in [0.15, 0.2) is 4.52 Å². The Morgan fingerprint density at radius 3 is 2.71 bits per heavy atom. The van der Waals surface area contributed by atoms with Gasteiger partial charge in [0.25, 0.3) is 11.7 Å². The summed E-state index contributed by atoms with van der Waals surface area (Å²) in [5, 5.41) is 3.44. The topological polar surface area (TPSA) is 108 Å². The minimum absolute atomic E-state index is 0.0806. The van der Waals surface area contributed by atoms with Gasteiger partial charge in [0, 0.05) is 12.0 Å². The maximum atomic E-state index is 10.7. The van der Waals surface area contributed by atoms with Crippen molar-refractivity contribution in [2.45, 2.75) is 31.2 Å². The first-order chi connectivity index (χ1) is 6.59. The Balaban J connectivity index is 2.06. The van der Waals surface area contributed by atoms with E-state index in [2.05, 4.69) is 10.1 Å². The minimum Gasteiger partial charge on any atom is -0.363 e. The van der Waals surface area contributed by atoms with Crippen molar-refractivity contribution in [1.82, 2.24) is 10.1 Å². The van der Waals surface area contributed by atoms with Gasteiger partial charge in [-0.2, -0.15) is 4.98 Å². The van der Waals surface area contributed by atoms with Gasteiger partial charge in [-0.3, -0.25) is 4.79 Å². The zero-order valence-electron chi connectivity index (χ0n) is 7.69.